The van der Waals surface area contributed by atoms with Gasteiger partial charge in [0.05, 0.1) is 10.6 Å². The predicted molar refractivity (Wildman–Crippen MR) is 77.2 cm³/mol. The van der Waals surface area contributed by atoms with E-state index in [2.05, 4.69) is 0 Å². The maximum atomic E-state index is 11.2. The van der Waals surface area contributed by atoms with Crippen LogP contribution in [-0.2, 0) is 19.6 Å². The van der Waals surface area contributed by atoms with E-state index in [4.69, 9.17) is 25.5 Å². The second-order valence-electron chi connectivity index (χ2n) is 5.10. The molecule has 1 fully saturated rings. The fourth-order valence-corrected chi connectivity index (χ4v) is 2.63. The van der Waals surface area contributed by atoms with Gasteiger partial charge in [-0.25, -0.2) is 18.4 Å². The molecule has 134 valence electrons. The van der Waals surface area contributed by atoms with Crippen LogP contribution >= 0.6 is 0 Å². The molecule has 24 heavy (non-hydrogen) atoms. The summed E-state index contributed by atoms with van der Waals surface area (Å²) < 4.78 is 32.6. The van der Waals surface area contributed by atoms with E-state index in [1.807, 2.05) is 0 Å². The number of hydrogen-bond acceptors (Lipinski definition) is 9. The number of sulfonamides is 1. The van der Waals surface area contributed by atoms with Gasteiger partial charge in [0, 0.05) is 0 Å². The zero-order valence-corrected chi connectivity index (χ0v) is 12.8. The number of carboxylic acid groups (broad SMARTS) is 1. The molecule has 0 amide bonds. The SMILES string of the molecule is Nc1cc(S(N)(=O)=O)ccc1O[C@@H]1O[C@H](C(=O)O)[C@@H](O)[C@H](O)[C@H]1O. The van der Waals surface area contributed by atoms with E-state index < -0.39 is 46.7 Å². The van der Waals surface area contributed by atoms with Gasteiger partial charge in [-0.3, -0.25) is 0 Å². The molecule has 1 aromatic carbocycles. The lowest BCUT2D eigenvalue weighted by atomic mass is 9.99. The monoisotopic (exact) mass is 364 g/mol. The Kier molecular flexibility index (Phi) is 4.98. The number of hydrogen-bond donors (Lipinski definition) is 6. The van der Waals surface area contributed by atoms with Gasteiger partial charge in [0.2, 0.25) is 16.3 Å². The van der Waals surface area contributed by atoms with Crippen LogP contribution in [0.3, 0.4) is 0 Å². The third-order valence-electron chi connectivity index (χ3n) is 3.37. The van der Waals surface area contributed by atoms with E-state index in [1.165, 1.54) is 0 Å². The second-order valence-corrected chi connectivity index (χ2v) is 6.66. The molecule has 1 saturated heterocycles. The number of nitrogen functional groups attached to an aromatic ring is 1. The van der Waals surface area contributed by atoms with Crippen LogP contribution in [0.4, 0.5) is 5.69 Å². The van der Waals surface area contributed by atoms with Gasteiger partial charge in [-0.05, 0) is 18.2 Å². The number of aliphatic hydroxyl groups excluding tert-OH is 3. The smallest absolute Gasteiger partial charge is 0.335 e. The first-order valence-corrected chi connectivity index (χ1v) is 8.08. The topological polar surface area (TPSA) is 203 Å². The number of aliphatic hydroxyl groups is 3. The number of carbonyl (C=O) groups is 1. The Bertz CT molecular complexity index is 738. The molecular weight excluding hydrogens is 348 g/mol. The zero-order valence-electron chi connectivity index (χ0n) is 12.0. The van der Waals surface area contributed by atoms with Crippen molar-refractivity contribution in [1.29, 1.82) is 0 Å². The predicted octanol–water partition coefficient (Wildman–Crippen LogP) is -2.81. The highest BCUT2D eigenvalue weighted by molar-refractivity contribution is 7.89. The number of rotatable bonds is 4. The van der Waals surface area contributed by atoms with Gasteiger partial charge < -0.3 is 35.6 Å². The Balaban J connectivity index is 2.25. The summed E-state index contributed by atoms with van der Waals surface area (Å²) in [5, 5.41) is 43.0. The van der Waals surface area contributed by atoms with E-state index >= 15 is 0 Å². The third-order valence-corrected chi connectivity index (χ3v) is 4.28. The molecule has 12 heteroatoms. The minimum absolute atomic E-state index is 0.140. The lowest BCUT2D eigenvalue weighted by molar-refractivity contribution is -0.271. The lowest BCUT2D eigenvalue weighted by Crippen LogP contribution is -2.61. The Morgan fingerprint density at radius 1 is 1.17 bits per heavy atom. The number of carboxylic acids is 1. The maximum Gasteiger partial charge on any atom is 0.335 e. The van der Waals surface area contributed by atoms with Crippen LogP contribution in [0.2, 0.25) is 0 Å². The van der Waals surface area contributed by atoms with Gasteiger partial charge in [0.25, 0.3) is 0 Å². The molecule has 1 heterocycles. The van der Waals surface area contributed by atoms with Crippen LogP contribution in [0.15, 0.2) is 23.1 Å². The van der Waals surface area contributed by atoms with Gasteiger partial charge in [-0.1, -0.05) is 0 Å². The van der Waals surface area contributed by atoms with Crippen molar-refractivity contribution in [1.82, 2.24) is 0 Å². The van der Waals surface area contributed by atoms with Gasteiger partial charge >= 0.3 is 5.97 Å². The number of benzene rings is 1. The second kappa shape index (κ2) is 6.51. The number of nitrogens with two attached hydrogens (primary N) is 2. The third kappa shape index (κ3) is 3.58. The van der Waals surface area contributed by atoms with E-state index in [9.17, 15) is 28.5 Å². The molecule has 1 aliphatic rings. The highest BCUT2D eigenvalue weighted by Gasteiger charge is 2.48. The van der Waals surface area contributed by atoms with Crippen LogP contribution in [0.1, 0.15) is 0 Å². The molecule has 5 atom stereocenters. The summed E-state index contributed by atoms with van der Waals surface area (Å²) >= 11 is 0. The number of primary sulfonamides is 1. The molecular formula is C12H16N2O9S. The van der Waals surface area contributed by atoms with Gasteiger partial charge in [0.15, 0.2) is 6.10 Å². The molecule has 11 nitrogen and oxygen atoms in total. The van der Waals surface area contributed by atoms with Gasteiger partial charge in [0.1, 0.15) is 24.1 Å². The first-order valence-electron chi connectivity index (χ1n) is 6.54. The van der Waals surface area contributed by atoms with Crippen LogP contribution in [0.5, 0.6) is 5.75 Å². The van der Waals surface area contributed by atoms with Crippen molar-refractivity contribution in [3.63, 3.8) is 0 Å². The van der Waals surface area contributed by atoms with Crippen molar-refractivity contribution in [2.45, 2.75) is 35.6 Å². The highest BCUT2D eigenvalue weighted by atomic mass is 32.2. The Hall–Kier alpha value is -1.96. The first-order chi connectivity index (χ1) is 11.0. The summed E-state index contributed by atoms with van der Waals surface area (Å²) in [4.78, 5) is 10.7. The summed E-state index contributed by atoms with van der Waals surface area (Å²) in [6.07, 6.45) is -8.97. The van der Waals surface area contributed by atoms with Gasteiger partial charge in [-0.2, -0.15) is 0 Å². The molecule has 1 aromatic rings. The van der Waals surface area contributed by atoms with E-state index in [0.717, 1.165) is 18.2 Å². The Morgan fingerprint density at radius 3 is 2.29 bits per heavy atom. The van der Waals surface area contributed by atoms with E-state index in [1.54, 1.807) is 0 Å². The summed E-state index contributed by atoms with van der Waals surface area (Å²) in [6.45, 7) is 0. The number of aliphatic carboxylic acids is 1. The molecule has 0 spiro atoms. The van der Waals surface area contributed by atoms with E-state index in [-0.39, 0.29) is 16.3 Å². The standard InChI is InChI=1S/C12H16N2O9S/c13-5-3-4(24(14,20)21)1-2-6(5)22-12-9(17)7(15)8(16)10(23-12)11(18)19/h1-3,7-10,12,15-17H,13H2,(H,18,19)(H2,14,20,21)/t7-,8-,9+,10-,12+/m0/s1. The van der Waals surface area contributed by atoms with Crippen molar-refractivity contribution in [3.05, 3.63) is 18.2 Å². The minimum atomic E-state index is -3.99. The quantitative estimate of drug-likeness (QED) is 0.302. The summed E-state index contributed by atoms with van der Waals surface area (Å²) in [7, 11) is -3.99. The van der Waals surface area contributed by atoms with Crippen LogP contribution in [0, 0.1) is 0 Å². The average molecular weight is 364 g/mol. The summed E-state index contributed by atoms with van der Waals surface area (Å²) in [5.74, 6) is -1.71. The van der Waals surface area contributed by atoms with Crippen molar-refractivity contribution in [3.8, 4) is 5.75 Å². The van der Waals surface area contributed by atoms with E-state index in [0.29, 0.717) is 0 Å². The maximum absolute atomic E-state index is 11.2. The largest absolute Gasteiger partial charge is 0.479 e. The molecule has 0 unspecified atom stereocenters. The first kappa shape index (κ1) is 18.4. The lowest BCUT2D eigenvalue weighted by Gasteiger charge is -2.38. The van der Waals surface area contributed by atoms with Crippen molar-refractivity contribution in [2.24, 2.45) is 5.14 Å². The molecule has 0 aromatic heterocycles. The van der Waals surface area contributed by atoms with Crippen LogP contribution in [0.25, 0.3) is 0 Å². The van der Waals surface area contributed by atoms with Gasteiger partial charge in [-0.15, -0.1) is 0 Å². The summed E-state index contributed by atoms with van der Waals surface area (Å²) in [6, 6.07) is 3.20. The Morgan fingerprint density at radius 2 is 1.79 bits per heavy atom. The fourth-order valence-electron chi connectivity index (χ4n) is 2.09. The van der Waals surface area contributed by atoms with Crippen molar-refractivity contribution >= 4 is 21.7 Å². The Labute approximate surface area is 136 Å². The molecule has 2 rings (SSSR count). The van der Waals surface area contributed by atoms with Crippen molar-refractivity contribution in [2.75, 3.05) is 5.73 Å². The highest BCUT2D eigenvalue weighted by Crippen LogP contribution is 2.29. The number of anilines is 1. The minimum Gasteiger partial charge on any atom is -0.479 e. The summed E-state index contributed by atoms with van der Waals surface area (Å²) in [5.41, 5.74) is 5.45. The molecule has 0 radical (unpaired) electrons. The van der Waals surface area contributed by atoms with Crippen LogP contribution in [-0.4, -0.2) is 65.5 Å². The molecule has 1 aliphatic heterocycles. The zero-order chi connectivity index (χ0) is 18.2. The van der Waals surface area contributed by atoms with Crippen molar-refractivity contribution < 1.29 is 43.1 Å². The molecule has 0 bridgehead atoms. The molecule has 0 saturated carbocycles. The average Bonchev–Trinajstić information content (AvgIpc) is 2.48. The fraction of sp³-hybridized carbons (Fsp3) is 0.417. The number of ether oxygens (including phenoxy) is 2. The molecule has 0 aliphatic carbocycles. The normalized spacial score (nSPS) is 30.8. The van der Waals surface area contributed by atoms with Crippen LogP contribution < -0.4 is 15.6 Å². The molecule has 8 N–H and O–H groups in total.